The number of nitrogens with one attached hydrogen (secondary N) is 1. The highest BCUT2D eigenvalue weighted by Gasteiger charge is 2.21. The van der Waals surface area contributed by atoms with Crippen molar-refractivity contribution in [1.29, 1.82) is 0 Å². The van der Waals surface area contributed by atoms with Crippen molar-refractivity contribution in [3.8, 4) is 0 Å². The van der Waals surface area contributed by atoms with Crippen molar-refractivity contribution in [1.82, 2.24) is 5.32 Å². The average Bonchev–Trinajstić information content (AvgIpc) is 2.93. The van der Waals surface area contributed by atoms with E-state index < -0.39 is 0 Å². The van der Waals surface area contributed by atoms with Crippen LogP contribution in [0, 0.1) is 0 Å². The van der Waals surface area contributed by atoms with Crippen molar-refractivity contribution >= 4 is 23.2 Å². The van der Waals surface area contributed by atoms with Crippen molar-refractivity contribution in [2.24, 2.45) is 0 Å². The largest absolute Gasteiger partial charge is 0.372 e. The van der Waals surface area contributed by atoms with Crippen molar-refractivity contribution in [2.45, 2.75) is 26.2 Å². The average molecular weight is 322 g/mol. The smallest absolute Gasteiger partial charge is 0.0725 e. The maximum absolute atomic E-state index is 6.38. The summed E-state index contributed by atoms with van der Waals surface area (Å²) in [4.78, 5) is 0. The third kappa shape index (κ3) is 2.95. The zero-order valence-corrected chi connectivity index (χ0v) is 13.3. The van der Waals surface area contributed by atoms with Crippen LogP contribution in [0.3, 0.4) is 0 Å². The molecule has 0 spiro atoms. The summed E-state index contributed by atoms with van der Waals surface area (Å²) in [7, 11) is 0. The van der Waals surface area contributed by atoms with Crippen LogP contribution in [-0.2, 0) is 18.0 Å². The lowest BCUT2D eigenvalue weighted by Crippen LogP contribution is -2.22. The van der Waals surface area contributed by atoms with Gasteiger partial charge in [0.25, 0.3) is 0 Å². The van der Waals surface area contributed by atoms with Crippen molar-refractivity contribution in [3.63, 3.8) is 0 Å². The Morgan fingerprint density at radius 3 is 2.52 bits per heavy atom. The summed E-state index contributed by atoms with van der Waals surface area (Å²) in [5, 5.41) is 4.85. The van der Waals surface area contributed by atoms with Crippen LogP contribution >= 0.6 is 23.2 Å². The van der Waals surface area contributed by atoms with Crippen LogP contribution in [0.5, 0.6) is 0 Å². The lowest BCUT2D eigenvalue weighted by molar-refractivity contribution is 0.134. The molecule has 21 heavy (non-hydrogen) atoms. The fourth-order valence-corrected chi connectivity index (χ4v) is 3.36. The first-order valence-electron chi connectivity index (χ1n) is 7.07. The number of hydrogen-bond acceptors (Lipinski definition) is 2. The zero-order valence-electron chi connectivity index (χ0n) is 11.8. The van der Waals surface area contributed by atoms with Gasteiger partial charge in [0.05, 0.1) is 19.3 Å². The summed E-state index contributed by atoms with van der Waals surface area (Å²) in [6.07, 6.45) is 0. The van der Waals surface area contributed by atoms with Crippen LogP contribution in [0.4, 0.5) is 0 Å². The Labute approximate surface area is 135 Å². The Morgan fingerprint density at radius 1 is 1.10 bits per heavy atom. The maximum Gasteiger partial charge on any atom is 0.0725 e. The minimum absolute atomic E-state index is 0.0119. The standard InChI is InChI=1S/C17H17Cl2NO/c1-2-20-17(16-14(18)4-3-5-15(16)19)11-6-7-12-9-21-10-13(12)8-11/h3-8,17,20H,2,9-10H2,1H3. The molecule has 110 valence electrons. The monoisotopic (exact) mass is 321 g/mol. The summed E-state index contributed by atoms with van der Waals surface area (Å²) in [6.45, 7) is 4.29. The number of benzene rings is 2. The van der Waals surface area contributed by atoms with Crippen molar-refractivity contribution < 1.29 is 4.74 Å². The molecule has 1 heterocycles. The van der Waals surface area contributed by atoms with E-state index in [0.29, 0.717) is 23.3 Å². The Hall–Kier alpha value is -1.06. The molecule has 2 aromatic carbocycles. The molecule has 0 aromatic heterocycles. The molecule has 2 nitrogen and oxygen atoms in total. The van der Waals surface area contributed by atoms with Crippen LogP contribution in [0.25, 0.3) is 0 Å². The molecule has 1 aliphatic rings. The molecule has 0 amide bonds. The van der Waals surface area contributed by atoms with Gasteiger partial charge in [-0.25, -0.2) is 0 Å². The third-order valence-electron chi connectivity index (χ3n) is 3.78. The predicted molar refractivity (Wildman–Crippen MR) is 86.9 cm³/mol. The fraction of sp³-hybridized carbons (Fsp3) is 0.294. The molecule has 4 heteroatoms. The second-order valence-corrected chi connectivity index (χ2v) is 5.96. The van der Waals surface area contributed by atoms with Gasteiger partial charge in [-0.2, -0.15) is 0 Å². The van der Waals surface area contributed by atoms with E-state index in [9.17, 15) is 0 Å². The van der Waals surface area contributed by atoms with Crippen LogP contribution in [-0.4, -0.2) is 6.54 Å². The van der Waals surface area contributed by atoms with Gasteiger partial charge in [-0.15, -0.1) is 0 Å². The quantitative estimate of drug-likeness (QED) is 0.879. The lowest BCUT2D eigenvalue weighted by Gasteiger charge is -2.22. The molecule has 1 atom stereocenters. The SMILES string of the molecule is CCNC(c1ccc2c(c1)COC2)c1c(Cl)cccc1Cl. The summed E-state index contributed by atoms with van der Waals surface area (Å²) in [5.74, 6) is 0. The topological polar surface area (TPSA) is 21.3 Å². The van der Waals surface area contributed by atoms with E-state index in [0.717, 1.165) is 17.7 Å². The molecule has 1 unspecified atom stereocenters. The molecule has 1 N–H and O–H groups in total. The lowest BCUT2D eigenvalue weighted by atomic mass is 9.95. The molecule has 0 fully saturated rings. The number of halogens is 2. The Bertz CT molecular complexity index is 637. The Kier molecular flexibility index (Phi) is 4.51. The highest BCUT2D eigenvalue weighted by atomic mass is 35.5. The van der Waals surface area contributed by atoms with Crippen LogP contribution in [0.2, 0.25) is 10.0 Å². The summed E-state index contributed by atoms with van der Waals surface area (Å²) < 4.78 is 5.49. The molecule has 1 aliphatic heterocycles. The van der Waals surface area contributed by atoms with E-state index in [4.69, 9.17) is 27.9 Å². The second-order valence-electron chi connectivity index (χ2n) is 5.15. The first-order chi connectivity index (χ1) is 10.2. The summed E-state index contributed by atoms with van der Waals surface area (Å²) in [6, 6.07) is 12.1. The normalized spacial score (nSPS) is 15.0. The molecule has 0 saturated carbocycles. The number of ether oxygens (including phenoxy) is 1. The molecule has 0 aliphatic carbocycles. The van der Waals surface area contributed by atoms with Gasteiger partial charge in [-0.1, -0.05) is 54.4 Å². The number of fused-ring (bicyclic) bond motifs is 1. The van der Waals surface area contributed by atoms with Gasteiger partial charge in [-0.3, -0.25) is 0 Å². The van der Waals surface area contributed by atoms with Gasteiger partial charge < -0.3 is 10.1 Å². The molecule has 0 bridgehead atoms. The molecular weight excluding hydrogens is 305 g/mol. The van der Waals surface area contributed by atoms with Crippen molar-refractivity contribution in [3.05, 3.63) is 68.7 Å². The third-order valence-corrected chi connectivity index (χ3v) is 4.43. The van der Waals surface area contributed by atoms with Gasteiger partial charge in [0.1, 0.15) is 0 Å². The number of hydrogen-bond donors (Lipinski definition) is 1. The fourth-order valence-electron chi connectivity index (χ4n) is 2.75. The molecule has 2 aromatic rings. The Morgan fingerprint density at radius 2 is 1.81 bits per heavy atom. The number of rotatable bonds is 4. The van der Waals surface area contributed by atoms with Crippen LogP contribution < -0.4 is 5.32 Å². The van der Waals surface area contributed by atoms with Gasteiger partial charge in [0.15, 0.2) is 0 Å². The first kappa shape index (κ1) is 14.9. The van der Waals surface area contributed by atoms with Gasteiger partial charge >= 0.3 is 0 Å². The van der Waals surface area contributed by atoms with Gasteiger partial charge in [0, 0.05) is 15.6 Å². The molecule has 0 saturated heterocycles. The van der Waals surface area contributed by atoms with E-state index in [1.54, 1.807) is 0 Å². The van der Waals surface area contributed by atoms with Gasteiger partial charge in [-0.05, 0) is 35.4 Å². The highest BCUT2D eigenvalue weighted by molar-refractivity contribution is 6.36. The second kappa shape index (κ2) is 6.37. The van der Waals surface area contributed by atoms with E-state index in [1.807, 2.05) is 18.2 Å². The van der Waals surface area contributed by atoms with Gasteiger partial charge in [0.2, 0.25) is 0 Å². The molecule has 0 radical (unpaired) electrons. The van der Waals surface area contributed by atoms with Crippen LogP contribution in [0.15, 0.2) is 36.4 Å². The molecular formula is C17H17Cl2NO. The van der Waals surface area contributed by atoms with Crippen molar-refractivity contribution in [2.75, 3.05) is 6.54 Å². The highest BCUT2D eigenvalue weighted by Crippen LogP contribution is 2.35. The van der Waals surface area contributed by atoms with E-state index in [2.05, 4.69) is 30.4 Å². The maximum atomic E-state index is 6.38. The summed E-state index contributed by atoms with van der Waals surface area (Å²) >= 11 is 12.8. The summed E-state index contributed by atoms with van der Waals surface area (Å²) in [5.41, 5.74) is 4.61. The van der Waals surface area contributed by atoms with E-state index in [-0.39, 0.29) is 6.04 Å². The Balaban J connectivity index is 2.06. The zero-order chi connectivity index (χ0) is 14.8. The van der Waals surface area contributed by atoms with E-state index in [1.165, 1.54) is 11.1 Å². The van der Waals surface area contributed by atoms with E-state index >= 15 is 0 Å². The van der Waals surface area contributed by atoms with Crippen LogP contribution in [0.1, 0.15) is 35.2 Å². The predicted octanol–water partition coefficient (Wildman–Crippen LogP) is 4.72. The minimum atomic E-state index is -0.0119. The minimum Gasteiger partial charge on any atom is -0.372 e. The first-order valence-corrected chi connectivity index (χ1v) is 7.83. The molecule has 3 rings (SSSR count).